The smallest absolute Gasteiger partial charge is 0.255 e. The molecule has 32 heavy (non-hydrogen) atoms. The Labute approximate surface area is 187 Å². The predicted octanol–water partition coefficient (Wildman–Crippen LogP) is 2.44. The Kier molecular flexibility index (Phi) is 6.95. The number of anilines is 2. The van der Waals surface area contributed by atoms with Crippen molar-refractivity contribution in [3.05, 3.63) is 53.6 Å². The Morgan fingerprint density at radius 2 is 1.72 bits per heavy atom. The molecule has 0 aromatic heterocycles. The number of nitrogens with one attached hydrogen (secondary N) is 2. The lowest BCUT2D eigenvalue weighted by Gasteiger charge is -2.27. The number of hydrogen-bond donors (Lipinski definition) is 2. The highest BCUT2D eigenvalue weighted by Crippen LogP contribution is 2.24. The van der Waals surface area contributed by atoms with Crippen LogP contribution in [0.3, 0.4) is 0 Å². The minimum atomic E-state index is -3.67. The molecule has 0 bridgehead atoms. The number of hydrogen-bond acceptors (Lipinski definition) is 5. The zero-order valence-electron chi connectivity index (χ0n) is 18.2. The summed E-state index contributed by atoms with van der Waals surface area (Å²) in [7, 11) is -3.67. The van der Waals surface area contributed by atoms with Crippen LogP contribution in [0.4, 0.5) is 11.4 Å². The summed E-state index contributed by atoms with van der Waals surface area (Å²) < 4.78 is 27.2. The van der Waals surface area contributed by atoms with E-state index in [0.717, 1.165) is 5.01 Å². The second-order valence-corrected chi connectivity index (χ2v) is 9.24. The second-order valence-electron chi connectivity index (χ2n) is 7.33. The summed E-state index contributed by atoms with van der Waals surface area (Å²) in [5.41, 5.74) is 4.21. The first-order chi connectivity index (χ1) is 15.2. The van der Waals surface area contributed by atoms with E-state index < -0.39 is 15.9 Å². The molecule has 0 unspecified atom stereocenters. The average molecular weight is 459 g/mol. The molecule has 2 aromatic carbocycles. The molecule has 1 saturated heterocycles. The lowest BCUT2D eigenvalue weighted by Crippen LogP contribution is -2.50. The molecule has 1 heterocycles. The molecule has 1 fully saturated rings. The fourth-order valence-corrected chi connectivity index (χ4v) is 5.12. The van der Waals surface area contributed by atoms with E-state index in [1.165, 1.54) is 22.5 Å². The van der Waals surface area contributed by atoms with Crippen LogP contribution in [0.1, 0.15) is 42.6 Å². The number of rotatable bonds is 7. The Balaban J connectivity index is 1.79. The van der Waals surface area contributed by atoms with Gasteiger partial charge >= 0.3 is 0 Å². The van der Waals surface area contributed by atoms with Gasteiger partial charge in [0, 0.05) is 37.2 Å². The van der Waals surface area contributed by atoms with Gasteiger partial charge in [0.1, 0.15) is 0 Å². The molecule has 2 N–H and O–H groups in total. The van der Waals surface area contributed by atoms with E-state index in [1.54, 1.807) is 45.0 Å². The van der Waals surface area contributed by atoms with E-state index in [1.807, 2.05) is 0 Å². The number of carbonyl (C=O) groups is 3. The van der Waals surface area contributed by atoms with Gasteiger partial charge in [-0.2, -0.15) is 4.31 Å². The molecule has 0 saturated carbocycles. The first kappa shape index (κ1) is 23.4. The molecule has 3 rings (SSSR count). The van der Waals surface area contributed by atoms with Crippen molar-refractivity contribution in [2.75, 3.05) is 23.4 Å². The van der Waals surface area contributed by atoms with Crippen molar-refractivity contribution in [2.24, 2.45) is 0 Å². The van der Waals surface area contributed by atoms with Crippen molar-refractivity contribution < 1.29 is 22.8 Å². The minimum absolute atomic E-state index is 0.125. The Morgan fingerprint density at radius 3 is 2.34 bits per heavy atom. The standard InChI is InChI=1S/C22H26N4O5S/c1-4-25(5-2)32(30,31)19-14-17(9-6-15(19)3)23-22(29)16-7-10-18(11-8-16)26-21(28)13-12-20(27)24-26/h6-11,14H,4-5,12-13H2,1-3H3,(H,23,29)(H,24,27). The van der Waals surface area contributed by atoms with Crippen LogP contribution < -0.4 is 15.8 Å². The molecule has 0 radical (unpaired) electrons. The fourth-order valence-electron chi connectivity index (χ4n) is 3.41. The number of benzene rings is 2. The Bertz CT molecular complexity index is 1140. The van der Waals surface area contributed by atoms with Gasteiger partial charge in [-0.3, -0.25) is 19.8 Å². The molecule has 0 spiro atoms. The third kappa shape index (κ3) is 4.81. The highest BCUT2D eigenvalue weighted by Gasteiger charge is 2.25. The van der Waals surface area contributed by atoms with Gasteiger partial charge < -0.3 is 5.32 Å². The molecule has 3 amide bonds. The summed E-state index contributed by atoms with van der Waals surface area (Å²) in [6.45, 7) is 5.95. The maximum atomic E-state index is 12.9. The molecule has 1 aliphatic rings. The monoisotopic (exact) mass is 458 g/mol. The van der Waals surface area contributed by atoms with Crippen molar-refractivity contribution in [3.8, 4) is 0 Å². The SMILES string of the molecule is CCN(CC)S(=O)(=O)c1cc(NC(=O)c2ccc(N3NC(=O)CCC3=O)cc2)ccc1C. The molecule has 0 atom stereocenters. The summed E-state index contributed by atoms with van der Waals surface area (Å²) in [4.78, 5) is 36.4. The van der Waals surface area contributed by atoms with Gasteiger partial charge in [-0.25, -0.2) is 13.4 Å². The van der Waals surface area contributed by atoms with Crippen LogP contribution in [-0.2, 0) is 19.6 Å². The van der Waals surface area contributed by atoms with Crippen LogP contribution in [0.25, 0.3) is 0 Å². The van der Waals surface area contributed by atoms with Crippen LogP contribution in [0.15, 0.2) is 47.4 Å². The number of carbonyl (C=O) groups excluding carboxylic acids is 3. The van der Waals surface area contributed by atoms with Crippen LogP contribution in [0.2, 0.25) is 0 Å². The number of aryl methyl sites for hydroxylation is 1. The number of nitrogens with zero attached hydrogens (tertiary/aromatic N) is 2. The Hall–Kier alpha value is -3.24. The van der Waals surface area contributed by atoms with Crippen molar-refractivity contribution >= 4 is 39.1 Å². The van der Waals surface area contributed by atoms with E-state index in [0.29, 0.717) is 35.6 Å². The summed E-state index contributed by atoms with van der Waals surface area (Å²) >= 11 is 0. The molecule has 170 valence electrons. The molecule has 0 aliphatic carbocycles. The minimum Gasteiger partial charge on any atom is -0.322 e. The van der Waals surface area contributed by atoms with E-state index in [2.05, 4.69) is 10.7 Å². The normalized spacial score (nSPS) is 14.4. The third-order valence-corrected chi connectivity index (χ3v) is 7.40. The summed E-state index contributed by atoms with van der Waals surface area (Å²) in [6, 6.07) is 10.9. The number of amides is 3. The fraction of sp³-hybridized carbons (Fsp3) is 0.318. The predicted molar refractivity (Wildman–Crippen MR) is 121 cm³/mol. The highest BCUT2D eigenvalue weighted by molar-refractivity contribution is 7.89. The lowest BCUT2D eigenvalue weighted by molar-refractivity contribution is -0.130. The zero-order valence-corrected chi connectivity index (χ0v) is 19.0. The molecule has 9 nitrogen and oxygen atoms in total. The van der Waals surface area contributed by atoms with Gasteiger partial charge in [0.15, 0.2) is 0 Å². The van der Waals surface area contributed by atoms with E-state index in [4.69, 9.17) is 0 Å². The summed E-state index contributed by atoms with van der Waals surface area (Å²) in [5, 5.41) is 3.88. The van der Waals surface area contributed by atoms with Gasteiger partial charge in [-0.15, -0.1) is 0 Å². The van der Waals surface area contributed by atoms with E-state index in [-0.39, 0.29) is 29.6 Å². The van der Waals surface area contributed by atoms with Gasteiger partial charge in [0.2, 0.25) is 21.8 Å². The van der Waals surface area contributed by atoms with E-state index in [9.17, 15) is 22.8 Å². The second kappa shape index (κ2) is 9.49. The Morgan fingerprint density at radius 1 is 1.06 bits per heavy atom. The molecular weight excluding hydrogens is 432 g/mol. The first-order valence-electron chi connectivity index (χ1n) is 10.3. The molecule has 2 aromatic rings. The maximum Gasteiger partial charge on any atom is 0.255 e. The lowest BCUT2D eigenvalue weighted by atomic mass is 10.1. The molecular formula is C22H26N4O5S. The number of hydrazine groups is 1. The van der Waals surface area contributed by atoms with Crippen molar-refractivity contribution in [1.82, 2.24) is 9.73 Å². The zero-order chi connectivity index (χ0) is 23.5. The topological polar surface area (TPSA) is 116 Å². The largest absolute Gasteiger partial charge is 0.322 e. The molecule has 10 heteroatoms. The maximum absolute atomic E-state index is 12.9. The first-order valence-corrected chi connectivity index (χ1v) is 11.8. The third-order valence-electron chi connectivity index (χ3n) is 5.21. The van der Waals surface area contributed by atoms with Crippen LogP contribution in [-0.4, -0.2) is 43.5 Å². The molecule has 1 aliphatic heterocycles. The van der Waals surface area contributed by atoms with Crippen molar-refractivity contribution in [1.29, 1.82) is 0 Å². The van der Waals surface area contributed by atoms with Crippen LogP contribution in [0.5, 0.6) is 0 Å². The summed E-state index contributed by atoms with van der Waals surface area (Å²) in [5.74, 6) is -0.912. The summed E-state index contributed by atoms with van der Waals surface area (Å²) in [6.07, 6.45) is 0.276. The quantitative estimate of drug-likeness (QED) is 0.661. The highest BCUT2D eigenvalue weighted by atomic mass is 32.2. The van der Waals surface area contributed by atoms with E-state index >= 15 is 0 Å². The van der Waals surface area contributed by atoms with Gasteiger partial charge in [-0.05, 0) is 48.9 Å². The van der Waals surface area contributed by atoms with Gasteiger partial charge in [0.05, 0.1) is 10.6 Å². The average Bonchev–Trinajstić information content (AvgIpc) is 2.77. The number of sulfonamides is 1. The van der Waals surface area contributed by atoms with Gasteiger partial charge in [0.25, 0.3) is 5.91 Å². The van der Waals surface area contributed by atoms with Crippen LogP contribution in [0, 0.1) is 6.92 Å². The van der Waals surface area contributed by atoms with Crippen molar-refractivity contribution in [3.63, 3.8) is 0 Å². The van der Waals surface area contributed by atoms with Gasteiger partial charge in [-0.1, -0.05) is 19.9 Å². The van der Waals surface area contributed by atoms with Crippen molar-refractivity contribution in [2.45, 2.75) is 38.5 Å². The van der Waals surface area contributed by atoms with Crippen LogP contribution >= 0.6 is 0 Å².